The molecule has 0 aromatic heterocycles. The Morgan fingerprint density at radius 2 is 1.00 bits per heavy atom. The molecule has 2 saturated heterocycles. The largest absolute Gasteiger partial charge is 0.394 e. The van der Waals surface area contributed by atoms with Gasteiger partial charge in [-0.1, -0.05) is 166 Å². The summed E-state index contributed by atoms with van der Waals surface area (Å²) in [6, 6.07) is -0.931. The second kappa shape index (κ2) is 37.2. The van der Waals surface area contributed by atoms with Crippen LogP contribution in [0.3, 0.4) is 0 Å². The van der Waals surface area contributed by atoms with E-state index in [0.29, 0.717) is 12.8 Å². The second-order valence-corrected chi connectivity index (χ2v) is 17.9. The van der Waals surface area contributed by atoms with E-state index in [4.69, 9.17) is 18.9 Å². The summed E-state index contributed by atoms with van der Waals surface area (Å²) in [4.78, 5) is 12.5. The van der Waals surface area contributed by atoms with E-state index in [9.17, 15) is 45.6 Å². The Kier molecular flexibility index (Phi) is 33.9. The highest BCUT2D eigenvalue weighted by molar-refractivity contribution is 5.76. The molecular formula is C50H91NO13. The zero-order chi connectivity index (χ0) is 46.8. The Hall–Kier alpha value is -1.79. The minimum atomic E-state index is -1.79. The molecule has 12 unspecified atom stereocenters. The van der Waals surface area contributed by atoms with E-state index in [-0.39, 0.29) is 18.9 Å². The monoisotopic (exact) mass is 914 g/mol. The maximum atomic E-state index is 12.5. The summed E-state index contributed by atoms with van der Waals surface area (Å²) in [6.45, 7) is 2.38. The third-order valence-corrected chi connectivity index (χ3v) is 12.3. The van der Waals surface area contributed by atoms with Gasteiger partial charge in [-0.25, -0.2) is 0 Å². The number of hydrogen-bond donors (Lipinski definition) is 9. The standard InChI is InChI=1S/C50H91NO13/c1-3-5-6-7-8-9-10-11-12-13-14-15-16-17-18-19-20-21-22-23-24-25-26-27-28-29-30-31-32-34-39(54)38(51-42(55)33-4-2)37-61-49-47(60)45(58)48(41(36-53)63-49)64-50-46(59)44(57)43(56)40(35-52)62-50/h24-25,28-29,32,34,38-41,43-50,52-54,56-60H,3-23,26-27,30-31,33,35-37H2,1-2H3,(H,51,55)/b25-24+,29-28+,34-32+. The number of aliphatic hydroxyl groups is 8. The quantitative estimate of drug-likeness (QED) is 0.0244. The first-order valence-corrected chi connectivity index (χ1v) is 25.2. The molecule has 14 heteroatoms. The highest BCUT2D eigenvalue weighted by Crippen LogP contribution is 2.30. The van der Waals surface area contributed by atoms with Gasteiger partial charge in [-0.15, -0.1) is 0 Å². The number of unbranched alkanes of at least 4 members (excludes halogenated alkanes) is 21. The Morgan fingerprint density at radius 3 is 1.50 bits per heavy atom. The van der Waals surface area contributed by atoms with Crippen LogP contribution in [0.4, 0.5) is 0 Å². The summed E-state index contributed by atoms with van der Waals surface area (Å²) < 4.78 is 22.4. The first kappa shape index (κ1) is 58.3. The van der Waals surface area contributed by atoms with Gasteiger partial charge in [0.2, 0.25) is 5.91 Å². The highest BCUT2D eigenvalue weighted by atomic mass is 16.7. The van der Waals surface area contributed by atoms with E-state index < -0.39 is 86.8 Å². The smallest absolute Gasteiger partial charge is 0.220 e. The summed E-state index contributed by atoms with van der Waals surface area (Å²) in [5, 5.41) is 85.6. The van der Waals surface area contributed by atoms with Gasteiger partial charge in [-0.05, 0) is 44.9 Å². The lowest BCUT2D eigenvalue weighted by Gasteiger charge is -2.46. The van der Waals surface area contributed by atoms with Crippen LogP contribution in [0.25, 0.3) is 0 Å². The van der Waals surface area contributed by atoms with E-state index >= 15 is 0 Å². The molecule has 14 nitrogen and oxygen atoms in total. The van der Waals surface area contributed by atoms with E-state index in [1.54, 1.807) is 6.08 Å². The minimum absolute atomic E-state index is 0.220. The fraction of sp³-hybridized carbons (Fsp3) is 0.860. The number of carbonyl (C=O) groups excluding carboxylic acids is 1. The molecule has 2 heterocycles. The van der Waals surface area contributed by atoms with Crippen molar-refractivity contribution >= 4 is 5.91 Å². The van der Waals surface area contributed by atoms with Crippen LogP contribution in [-0.2, 0) is 23.7 Å². The van der Waals surface area contributed by atoms with E-state index in [2.05, 4.69) is 36.5 Å². The summed E-state index contributed by atoms with van der Waals surface area (Å²) in [7, 11) is 0. The Morgan fingerprint density at radius 1 is 0.547 bits per heavy atom. The van der Waals surface area contributed by atoms with Crippen molar-refractivity contribution in [1.82, 2.24) is 5.32 Å². The lowest BCUT2D eigenvalue weighted by atomic mass is 9.97. The van der Waals surface area contributed by atoms with Crippen molar-refractivity contribution in [3.63, 3.8) is 0 Å². The average Bonchev–Trinajstić information content (AvgIpc) is 3.29. The normalized spacial score (nSPS) is 27.5. The van der Waals surface area contributed by atoms with Crippen LogP contribution in [0.1, 0.15) is 181 Å². The molecule has 0 aliphatic carbocycles. The van der Waals surface area contributed by atoms with Crippen LogP contribution in [0, 0.1) is 0 Å². The Balaban J connectivity index is 1.59. The fourth-order valence-electron chi connectivity index (χ4n) is 8.19. The fourth-order valence-corrected chi connectivity index (χ4v) is 8.19. The number of hydrogen-bond acceptors (Lipinski definition) is 13. The third kappa shape index (κ3) is 24.3. The van der Waals surface area contributed by atoms with Gasteiger partial charge in [0.15, 0.2) is 12.6 Å². The summed E-state index contributed by atoms with van der Waals surface area (Å²) in [5.74, 6) is -0.308. The minimum Gasteiger partial charge on any atom is -0.394 e. The molecule has 64 heavy (non-hydrogen) atoms. The van der Waals surface area contributed by atoms with Gasteiger partial charge in [-0.3, -0.25) is 4.79 Å². The molecular weight excluding hydrogens is 823 g/mol. The molecule has 0 bridgehead atoms. The maximum Gasteiger partial charge on any atom is 0.220 e. The Bertz CT molecular complexity index is 1220. The topological polar surface area (TPSA) is 228 Å². The van der Waals surface area contributed by atoms with Gasteiger partial charge in [0, 0.05) is 6.42 Å². The first-order valence-electron chi connectivity index (χ1n) is 25.2. The zero-order valence-electron chi connectivity index (χ0n) is 39.5. The van der Waals surface area contributed by atoms with E-state index in [1.807, 2.05) is 13.0 Å². The van der Waals surface area contributed by atoms with Gasteiger partial charge >= 0.3 is 0 Å². The number of aliphatic hydroxyl groups excluding tert-OH is 8. The van der Waals surface area contributed by atoms with Crippen molar-refractivity contribution in [3.8, 4) is 0 Å². The molecule has 12 atom stereocenters. The van der Waals surface area contributed by atoms with Crippen LogP contribution >= 0.6 is 0 Å². The van der Waals surface area contributed by atoms with E-state index in [0.717, 1.165) is 25.7 Å². The maximum absolute atomic E-state index is 12.5. The van der Waals surface area contributed by atoms with Crippen LogP contribution in [0.2, 0.25) is 0 Å². The number of ether oxygens (including phenoxy) is 4. The molecule has 374 valence electrons. The first-order chi connectivity index (χ1) is 31.1. The molecule has 0 saturated carbocycles. The molecule has 0 radical (unpaired) electrons. The van der Waals surface area contributed by atoms with Crippen LogP contribution in [0.5, 0.6) is 0 Å². The van der Waals surface area contributed by atoms with Gasteiger partial charge < -0.3 is 65.1 Å². The number of carbonyl (C=O) groups is 1. The second-order valence-electron chi connectivity index (χ2n) is 17.9. The number of allylic oxidation sites excluding steroid dienone is 5. The predicted octanol–water partition coefficient (Wildman–Crippen LogP) is 6.32. The molecule has 9 N–H and O–H groups in total. The SMILES string of the molecule is CCCCCCCCCCCCCCCCCCCCC/C=C/CC/C=C/CC/C=C/C(O)C(COC1OC(CO)C(OC2OC(CO)C(O)C(O)C2O)C(O)C1O)NC(=O)CCC. The predicted molar refractivity (Wildman–Crippen MR) is 249 cm³/mol. The summed E-state index contributed by atoms with van der Waals surface area (Å²) >= 11 is 0. The molecule has 2 fully saturated rings. The summed E-state index contributed by atoms with van der Waals surface area (Å²) in [5.41, 5.74) is 0. The van der Waals surface area contributed by atoms with Crippen molar-refractivity contribution in [2.45, 2.75) is 254 Å². The molecule has 2 aliphatic rings. The van der Waals surface area contributed by atoms with Crippen LogP contribution in [0.15, 0.2) is 36.5 Å². The van der Waals surface area contributed by atoms with Gasteiger partial charge in [-0.2, -0.15) is 0 Å². The van der Waals surface area contributed by atoms with Gasteiger partial charge in [0.1, 0.15) is 48.8 Å². The lowest BCUT2D eigenvalue weighted by Crippen LogP contribution is -2.65. The van der Waals surface area contributed by atoms with Crippen LogP contribution < -0.4 is 5.32 Å². The van der Waals surface area contributed by atoms with Gasteiger partial charge in [0.05, 0.1) is 32.0 Å². The van der Waals surface area contributed by atoms with Crippen molar-refractivity contribution in [3.05, 3.63) is 36.5 Å². The molecule has 0 aromatic carbocycles. The highest BCUT2D eigenvalue weighted by Gasteiger charge is 2.51. The number of amides is 1. The van der Waals surface area contributed by atoms with Crippen molar-refractivity contribution in [1.29, 1.82) is 0 Å². The molecule has 1 amide bonds. The van der Waals surface area contributed by atoms with Crippen molar-refractivity contribution in [2.75, 3.05) is 19.8 Å². The molecule has 0 aromatic rings. The Labute approximate surface area is 385 Å². The molecule has 2 rings (SSSR count). The number of nitrogens with one attached hydrogen (secondary N) is 1. The van der Waals surface area contributed by atoms with Gasteiger partial charge in [0.25, 0.3) is 0 Å². The van der Waals surface area contributed by atoms with Crippen LogP contribution in [-0.4, -0.2) is 140 Å². The van der Waals surface area contributed by atoms with Crippen molar-refractivity contribution < 1.29 is 64.6 Å². The molecule has 2 aliphatic heterocycles. The lowest BCUT2D eigenvalue weighted by molar-refractivity contribution is -0.359. The molecule has 0 spiro atoms. The number of rotatable bonds is 38. The van der Waals surface area contributed by atoms with Crippen molar-refractivity contribution in [2.24, 2.45) is 0 Å². The average molecular weight is 914 g/mol. The summed E-state index contributed by atoms with van der Waals surface area (Å²) in [6.07, 6.45) is 27.0. The van der Waals surface area contributed by atoms with E-state index in [1.165, 1.54) is 122 Å². The zero-order valence-corrected chi connectivity index (χ0v) is 39.5. The third-order valence-electron chi connectivity index (χ3n) is 12.3.